The quantitative estimate of drug-likeness (QED) is 0.123. The van der Waals surface area contributed by atoms with Crippen LogP contribution in [0.15, 0.2) is 74.1 Å². The Hall–Kier alpha value is -4.06. The molecule has 10 nitrogen and oxygen atoms in total. The van der Waals surface area contributed by atoms with Crippen LogP contribution in [-0.2, 0) is 14.8 Å². The third kappa shape index (κ3) is 7.01. The van der Waals surface area contributed by atoms with Crippen molar-refractivity contribution in [1.82, 2.24) is 13.9 Å². The zero-order valence-electron chi connectivity index (χ0n) is 24.7. The number of hydrogen-bond acceptors (Lipinski definition) is 9. The van der Waals surface area contributed by atoms with Gasteiger partial charge in [0.15, 0.2) is 0 Å². The standard InChI is InChI=1S/C32H36ClN5O5S/c1-4-7-8-16-43-30-19-23(9-12-28(30)37-13-17-41-18-14-37)35-32-34-21-27(33)31(36-32)26-22-38(44(39,40)6-3)29-20-24(42-15-5-2)10-11-25(26)29/h4-5,9-12,19-22H,1-2,6-8,13-18H2,3H3,(H,34,35,36). The van der Waals surface area contributed by atoms with Crippen molar-refractivity contribution in [2.75, 3.05) is 55.5 Å². The lowest BCUT2D eigenvalue weighted by atomic mass is 10.1. The Morgan fingerprint density at radius 2 is 1.93 bits per heavy atom. The molecule has 0 saturated carbocycles. The van der Waals surface area contributed by atoms with Crippen LogP contribution in [0.25, 0.3) is 22.2 Å². The van der Waals surface area contributed by atoms with Crippen LogP contribution in [0.4, 0.5) is 17.3 Å². The highest BCUT2D eigenvalue weighted by Gasteiger charge is 2.22. The van der Waals surface area contributed by atoms with Gasteiger partial charge in [-0.05, 0) is 44.0 Å². The van der Waals surface area contributed by atoms with E-state index in [2.05, 4.69) is 28.4 Å². The third-order valence-electron chi connectivity index (χ3n) is 7.15. The number of nitrogens with zero attached hydrogens (tertiary/aromatic N) is 4. The molecule has 0 spiro atoms. The smallest absolute Gasteiger partial charge is 0.238 e. The number of allylic oxidation sites excluding steroid dienone is 1. The van der Waals surface area contributed by atoms with Gasteiger partial charge < -0.3 is 24.4 Å². The van der Waals surface area contributed by atoms with Gasteiger partial charge in [0.05, 0.1) is 53.7 Å². The van der Waals surface area contributed by atoms with E-state index in [1.54, 1.807) is 37.4 Å². The molecule has 0 unspecified atom stereocenters. The monoisotopic (exact) mass is 637 g/mol. The van der Waals surface area contributed by atoms with Gasteiger partial charge >= 0.3 is 0 Å². The maximum Gasteiger partial charge on any atom is 0.238 e. The van der Waals surface area contributed by atoms with Gasteiger partial charge in [-0.25, -0.2) is 22.4 Å². The normalized spacial score (nSPS) is 13.5. The van der Waals surface area contributed by atoms with Crippen LogP contribution >= 0.6 is 11.6 Å². The number of anilines is 3. The predicted octanol–water partition coefficient (Wildman–Crippen LogP) is 6.44. The summed E-state index contributed by atoms with van der Waals surface area (Å²) < 4.78 is 44.8. The lowest BCUT2D eigenvalue weighted by Crippen LogP contribution is -2.36. The van der Waals surface area contributed by atoms with Gasteiger partial charge in [-0.15, -0.1) is 6.58 Å². The van der Waals surface area contributed by atoms with Gasteiger partial charge in [-0.3, -0.25) is 0 Å². The van der Waals surface area contributed by atoms with Crippen LogP contribution in [0.5, 0.6) is 11.5 Å². The molecule has 2 aromatic carbocycles. The van der Waals surface area contributed by atoms with E-state index in [4.69, 9.17) is 30.8 Å². The minimum Gasteiger partial charge on any atom is -0.491 e. The van der Waals surface area contributed by atoms with Crippen LogP contribution in [-0.4, -0.2) is 67.6 Å². The summed E-state index contributed by atoms with van der Waals surface area (Å²) in [5, 5.41) is 4.21. The molecule has 2 aromatic heterocycles. The summed E-state index contributed by atoms with van der Waals surface area (Å²) in [5.41, 5.74) is 3.14. The van der Waals surface area contributed by atoms with E-state index in [0.717, 1.165) is 43.1 Å². The summed E-state index contributed by atoms with van der Waals surface area (Å²) in [5.74, 6) is 1.48. The maximum atomic E-state index is 13.1. The van der Waals surface area contributed by atoms with Crippen molar-refractivity contribution in [3.05, 3.63) is 79.1 Å². The molecule has 0 radical (unpaired) electrons. The average Bonchev–Trinajstić information content (AvgIpc) is 3.43. The van der Waals surface area contributed by atoms with E-state index in [9.17, 15) is 8.42 Å². The fourth-order valence-corrected chi connectivity index (χ4v) is 6.10. The van der Waals surface area contributed by atoms with Crippen molar-refractivity contribution < 1.29 is 22.6 Å². The first-order valence-corrected chi connectivity index (χ1v) is 16.5. The topological polar surface area (TPSA) is 108 Å². The van der Waals surface area contributed by atoms with Crippen molar-refractivity contribution in [1.29, 1.82) is 0 Å². The first-order chi connectivity index (χ1) is 21.3. The molecule has 1 aliphatic heterocycles. The number of halogens is 1. The van der Waals surface area contributed by atoms with Crippen molar-refractivity contribution in [2.24, 2.45) is 0 Å². The Balaban J connectivity index is 1.50. The highest BCUT2D eigenvalue weighted by molar-refractivity contribution is 7.90. The largest absolute Gasteiger partial charge is 0.491 e. The van der Waals surface area contributed by atoms with Gasteiger partial charge in [0.2, 0.25) is 16.0 Å². The van der Waals surface area contributed by atoms with Gasteiger partial charge in [0.25, 0.3) is 0 Å². The number of unbranched alkanes of at least 4 members (excludes halogenated alkanes) is 1. The van der Waals surface area contributed by atoms with Crippen LogP contribution in [0.3, 0.4) is 0 Å². The number of morpholine rings is 1. The predicted molar refractivity (Wildman–Crippen MR) is 176 cm³/mol. The highest BCUT2D eigenvalue weighted by Crippen LogP contribution is 2.37. The number of nitrogens with one attached hydrogen (secondary N) is 1. The molecular weight excluding hydrogens is 602 g/mol. The summed E-state index contributed by atoms with van der Waals surface area (Å²) in [6.07, 6.45) is 8.28. The van der Waals surface area contributed by atoms with Crippen molar-refractivity contribution in [2.45, 2.75) is 19.8 Å². The summed E-state index contributed by atoms with van der Waals surface area (Å²) in [4.78, 5) is 11.4. The molecule has 1 fully saturated rings. The zero-order valence-corrected chi connectivity index (χ0v) is 26.2. The summed E-state index contributed by atoms with van der Waals surface area (Å²) in [7, 11) is -3.64. The van der Waals surface area contributed by atoms with E-state index in [1.165, 1.54) is 10.2 Å². The zero-order chi connectivity index (χ0) is 31.1. The minimum atomic E-state index is -3.64. The van der Waals surface area contributed by atoms with E-state index >= 15 is 0 Å². The lowest BCUT2D eigenvalue weighted by Gasteiger charge is -2.30. The molecule has 12 heteroatoms. The fourth-order valence-electron chi connectivity index (χ4n) is 4.91. The van der Waals surface area contributed by atoms with Crippen molar-refractivity contribution in [3.63, 3.8) is 0 Å². The lowest BCUT2D eigenvalue weighted by molar-refractivity contribution is 0.122. The minimum absolute atomic E-state index is 0.0866. The Morgan fingerprint density at radius 1 is 1.11 bits per heavy atom. The summed E-state index contributed by atoms with van der Waals surface area (Å²) in [6.45, 7) is 12.8. The third-order valence-corrected chi connectivity index (χ3v) is 9.06. The van der Waals surface area contributed by atoms with Gasteiger partial charge in [0.1, 0.15) is 18.1 Å². The molecule has 232 valence electrons. The average molecular weight is 638 g/mol. The van der Waals surface area contributed by atoms with E-state index in [0.29, 0.717) is 60.3 Å². The summed E-state index contributed by atoms with van der Waals surface area (Å²) in [6, 6.07) is 11.2. The van der Waals surface area contributed by atoms with Crippen molar-refractivity contribution in [3.8, 4) is 22.8 Å². The molecule has 0 aliphatic carbocycles. The SMILES string of the molecule is C=CCCCOc1cc(Nc2ncc(Cl)c(-c3cn(S(=O)(=O)CC)c4cc(OCC=C)ccc34)n2)ccc1N1CCOCC1. The van der Waals surface area contributed by atoms with Crippen LogP contribution in [0, 0.1) is 0 Å². The second-order valence-corrected chi connectivity index (χ2v) is 12.6. The summed E-state index contributed by atoms with van der Waals surface area (Å²) >= 11 is 6.62. The number of aromatic nitrogens is 3. The van der Waals surface area contributed by atoms with Crippen molar-refractivity contribution >= 4 is 49.9 Å². The molecule has 3 heterocycles. The van der Waals surface area contributed by atoms with E-state index in [1.807, 2.05) is 24.3 Å². The number of hydrogen-bond donors (Lipinski definition) is 1. The van der Waals surface area contributed by atoms with Crippen LogP contribution in [0.2, 0.25) is 5.02 Å². The first kappa shape index (κ1) is 31.4. The molecule has 0 atom stereocenters. The molecule has 4 aromatic rings. The first-order valence-electron chi connectivity index (χ1n) is 14.5. The van der Waals surface area contributed by atoms with Gasteiger partial charge in [0, 0.05) is 48.1 Å². The molecule has 44 heavy (non-hydrogen) atoms. The molecule has 0 bridgehead atoms. The van der Waals surface area contributed by atoms with E-state index < -0.39 is 10.0 Å². The Morgan fingerprint density at radius 3 is 2.68 bits per heavy atom. The second kappa shape index (κ2) is 14.1. The van der Waals surface area contributed by atoms with Crippen LogP contribution in [0.1, 0.15) is 19.8 Å². The molecule has 0 amide bonds. The molecule has 1 N–H and O–H groups in total. The Labute approximate surface area is 263 Å². The molecule has 1 saturated heterocycles. The molecular formula is C32H36ClN5O5S. The highest BCUT2D eigenvalue weighted by atomic mass is 35.5. The second-order valence-electron chi connectivity index (χ2n) is 10.1. The number of rotatable bonds is 14. The van der Waals surface area contributed by atoms with Gasteiger partial charge in [-0.2, -0.15) is 0 Å². The fraction of sp³-hybridized carbons (Fsp3) is 0.312. The number of benzene rings is 2. The Bertz CT molecular complexity index is 1750. The maximum absolute atomic E-state index is 13.1. The number of fused-ring (bicyclic) bond motifs is 1. The molecule has 1 aliphatic rings. The molecule has 5 rings (SSSR count). The Kier molecular flexibility index (Phi) is 10.1. The van der Waals surface area contributed by atoms with Crippen LogP contribution < -0.4 is 19.7 Å². The van der Waals surface area contributed by atoms with E-state index in [-0.39, 0.29) is 10.8 Å². The van der Waals surface area contributed by atoms with Gasteiger partial charge in [-0.1, -0.05) is 30.3 Å². The number of ether oxygens (including phenoxy) is 3.